The molecular weight excluding hydrogens is 226 g/mol. The van der Waals surface area contributed by atoms with E-state index in [1.165, 1.54) is 11.1 Å². The quantitative estimate of drug-likeness (QED) is 0.875. The van der Waals surface area contributed by atoms with Crippen LogP contribution in [-0.2, 0) is 13.1 Å². The van der Waals surface area contributed by atoms with Crippen LogP contribution in [0.15, 0.2) is 30.6 Å². The van der Waals surface area contributed by atoms with Crippen LogP contribution < -0.4 is 10.1 Å². The van der Waals surface area contributed by atoms with E-state index in [0.29, 0.717) is 0 Å². The van der Waals surface area contributed by atoms with Gasteiger partial charge in [-0.3, -0.25) is 0 Å². The van der Waals surface area contributed by atoms with Crippen molar-refractivity contribution in [2.24, 2.45) is 0 Å². The highest BCUT2D eigenvalue weighted by molar-refractivity contribution is 5.37. The van der Waals surface area contributed by atoms with E-state index in [2.05, 4.69) is 33.9 Å². The number of benzene rings is 1. The Bertz CT molecular complexity index is 520. The van der Waals surface area contributed by atoms with Crippen LogP contribution in [0, 0.1) is 6.92 Å². The Morgan fingerprint density at radius 3 is 2.94 bits per heavy atom. The number of aryl methyl sites for hydroxylation is 1. The average molecular weight is 245 g/mol. The van der Waals surface area contributed by atoms with Crippen molar-refractivity contribution >= 4 is 0 Å². The standard InChI is InChI=1S/C14H19N3O/c1-11-4-5-13(18-3)12(8-11)10-17-7-6-16-14(17)9-15-2/h4-8,15H,9-10H2,1-3H3. The lowest BCUT2D eigenvalue weighted by Gasteiger charge is -2.12. The van der Waals surface area contributed by atoms with Gasteiger partial charge in [-0.2, -0.15) is 0 Å². The first-order valence-electron chi connectivity index (χ1n) is 6.02. The second-order valence-electron chi connectivity index (χ2n) is 4.32. The zero-order valence-electron chi connectivity index (χ0n) is 11.1. The average Bonchev–Trinajstić information content (AvgIpc) is 2.78. The highest BCUT2D eigenvalue weighted by atomic mass is 16.5. The van der Waals surface area contributed by atoms with Gasteiger partial charge in [0.05, 0.1) is 20.2 Å². The first-order chi connectivity index (χ1) is 8.74. The second-order valence-corrected chi connectivity index (χ2v) is 4.32. The molecule has 0 aliphatic rings. The Morgan fingerprint density at radius 1 is 1.39 bits per heavy atom. The number of methoxy groups -OCH3 is 1. The molecule has 2 aromatic rings. The second kappa shape index (κ2) is 5.69. The van der Waals surface area contributed by atoms with Gasteiger partial charge in [0.15, 0.2) is 0 Å². The molecule has 1 heterocycles. The Hall–Kier alpha value is -1.81. The van der Waals surface area contributed by atoms with Crippen LogP contribution in [0.3, 0.4) is 0 Å². The van der Waals surface area contributed by atoms with Gasteiger partial charge in [-0.15, -0.1) is 0 Å². The van der Waals surface area contributed by atoms with Gasteiger partial charge < -0.3 is 14.6 Å². The maximum Gasteiger partial charge on any atom is 0.123 e. The molecule has 18 heavy (non-hydrogen) atoms. The molecule has 4 nitrogen and oxygen atoms in total. The highest BCUT2D eigenvalue weighted by Gasteiger charge is 2.07. The van der Waals surface area contributed by atoms with Crippen LogP contribution in [0.25, 0.3) is 0 Å². The van der Waals surface area contributed by atoms with Gasteiger partial charge in [0.1, 0.15) is 11.6 Å². The van der Waals surface area contributed by atoms with Crippen molar-refractivity contribution in [3.05, 3.63) is 47.5 Å². The molecule has 0 bridgehead atoms. The Balaban J connectivity index is 2.27. The number of nitrogens with one attached hydrogen (secondary N) is 1. The third-order valence-electron chi connectivity index (χ3n) is 2.91. The van der Waals surface area contributed by atoms with Gasteiger partial charge in [-0.25, -0.2) is 4.98 Å². The molecule has 1 aromatic heterocycles. The van der Waals surface area contributed by atoms with Crippen molar-refractivity contribution in [3.8, 4) is 5.75 Å². The number of imidazole rings is 1. The summed E-state index contributed by atoms with van der Waals surface area (Å²) in [5.41, 5.74) is 2.41. The fourth-order valence-corrected chi connectivity index (χ4v) is 2.02. The number of rotatable bonds is 5. The molecule has 0 saturated heterocycles. The third-order valence-corrected chi connectivity index (χ3v) is 2.91. The van der Waals surface area contributed by atoms with Crippen molar-refractivity contribution < 1.29 is 4.74 Å². The predicted molar refractivity (Wildman–Crippen MR) is 71.8 cm³/mol. The van der Waals surface area contributed by atoms with Crippen molar-refractivity contribution in [3.63, 3.8) is 0 Å². The van der Waals surface area contributed by atoms with E-state index in [9.17, 15) is 0 Å². The van der Waals surface area contributed by atoms with E-state index in [4.69, 9.17) is 4.74 Å². The minimum absolute atomic E-state index is 0.765. The van der Waals surface area contributed by atoms with Gasteiger partial charge in [0.25, 0.3) is 0 Å². The maximum atomic E-state index is 5.40. The number of hydrogen-bond donors (Lipinski definition) is 1. The van der Waals surface area contributed by atoms with Gasteiger partial charge in [0.2, 0.25) is 0 Å². The summed E-state index contributed by atoms with van der Waals surface area (Å²) in [5.74, 6) is 1.95. The molecule has 0 aliphatic carbocycles. The van der Waals surface area contributed by atoms with Crippen LogP contribution in [-0.4, -0.2) is 23.7 Å². The monoisotopic (exact) mass is 245 g/mol. The summed E-state index contributed by atoms with van der Waals surface area (Å²) in [4.78, 5) is 4.34. The lowest BCUT2D eigenvalue weighted by atomic mass is 10.1. The van der Waals surface area contributed by atoms with Crippen molar-refractivity contribution in [2.75, 3.05) is 14.2 Å². The summed E-state index contributed by atoms with van der Waals surface area (Å²) < 4.78 is 7.53. The molecule has 0 unspecified atom stereocenters. The van der Waals surface area contributed by atoms with Gasteiger partial charge in [-0.05, 0) is 20.0 Å². The van der Waals surface area contributed by atoms with E-state index < -0.39 is 0 Å². The van der Waals surface area contributed by atoms with Crippen molar-refractivity contribution in [1.82, 2.24) is 14.9 Å². The molecule has 0 atom stereocenters. The molecule has 4 heteroatoms. The molecule has 1 aromatic carbocycles. The Kier molecular flexibility index (Phi) is 3.99. The van der Waals surface area contributed by atoms with Crippen LogP contribution in [0.4, 0.5) is 0 Å². The normalized spacial score (nSPS) is 10.6. The third kappa shape index (κ3) is 2.71. The molecule has 0 spiro atoms. The fraction of sp³-hybridized carbons (Fsp3) is 0.357. The molecular formula is C14H19N3O. The summed E-state index contributed by atoms with van der Waals surface area (Å²) in [6.07, 6.45) is 3.82. The molecule has 0 fully saturated rings. The van der Waals surface area contributed by atoms with Gasteiger partial charge in [-0.1, -0.05) is 17.7 Å². The van der Waals surface area contributed by atoms with E-state index >= 15 is 0 Å². The minimum Gasteiger partial charge on any atom is -0.496 e. The summed E-state index contributed by atoms with van der Waals surface area (Å²) in [7, 11) is 3.63. The SMILES string of the molecule is CNCc1nccn1Cc1cc(C)ccc1OC. The van der Waals surface area contributed by atoms with Gasteiger partial charge >= 0.3 is 0 Å². The number of hydrogen-bond acceptors (Lipinski definition) is 3. The predicted octanol–water partition coefficient (Wildman–Crippen LogP) is 1.97. The van der Waals surface area contributed by atoms with Crippen LogP contribution in [0.5, 0.6) is 5.75 Å². The van der Waals surface area contributed by atoms with Crippen molar-refractivity contribution in [2.45, 2.75) is 20.0 Å². The smallest absolute Gasteiger partial charge is 0.123 e. The molecule has 2 rings (SSSR count). The largest absolute Gasteiger partial charge is 0.496 e. The lowest BCUT2D eigenvalue weighted by molar-refractivity contribution is 0.408. The summed E-state index contributed by atoms with van der Waals surface area (Å²) >= 11 is 0. The molecule has 0 saturated carbocycles. The number of ether oxygens (including phenoxy) is 1. The van der Waals surface area contributed by atoms with Crippen LogP contribution >= 0.6 is 0 Å². The molecule has 1 N–H and O–H groups in total. The summed E-state index contributed by atoms with van der Waals surface area (Å²) in [6, 6.07) is 6.23. The lowest BCUT2D eigenvalue weighted by Crippen LogP contribution is -2.13. The van der Waals surface area contributed by atoms with E-state index in [1.54, 1.807) is 7.11 Å². The zero-order chi connectivity index (χ0) is 13.0. The van der Waals surface area contributed by atoms with Crippen LogP contribution in [0.1, 0.15) is 17.0 Å². The van der Waals surface area contributed by atoms with Crippen molar-refractivity contribution in [1.29, 1.82) is 0 Å². The topological polar surface area (TPSA) is 39.1 Å². The molecule has 0 aliphatic heterocycles. The minimum atomic E-state index is 0.765. The molecule has 0 radical (unpaired) electrons. The maximum absolute atomic E-state index is 5.40. The fourth-order valence-electron chi connectivity index (χ4n) is 2.02. The first-order valence-corrected chi connectivity index (χ1v) is 6.02. The van der Waals surface area contributed by atoms with E-state index in [-0.39, 0.29) is 0 Å². The van der Waals surface area contributed by atoms with Gasteiger partial charge in [0, 0.05) is 18.0 Å². The number of nitrogens with zero attached hydrogens (tertiary/aromatic N) is 2. The van der Waals surface area contributed by atoms with Crippen LogP contribution in [0.2, 0.25) is 0 Å². The highest BCUT2D eigenvalue weighted by Crippen LogP contribution is 2.21. The molecule has 0 amide bonds. The summed E-state index contributed by atoms with van der Waals surface area (Å²) in [5, 5.41) is 3.12. The first kappa shape index (κ1) is 12.6. The zero-order valence-corrected chi connectivity index (χ0v) is 11.1. The summed E-state index contributed by atoms with van der Waals surface area (Å²) in [6.45, 7) is 3.63. The number of aromatic nitrogens is 2. The van der Waals surface area contributed by atoms with E-state index in [1.807, 2.05) is 25.5 Å². The molecule has 96 valence electrons. The Labute approximate surface area is 108 Å². The van der Waals surface area contributed by atoms with E-state index in [0.717, 1.165) is 24.7 Å². The Morgan fingerprint density at radius 2 is 2.22 bits per heavy atom.